The lowest BCUT2D eigenvalue weighted by atomic mass is 9.88. The SMILES string of the molecule is COCCC(C)(C)C(=O)Nc1cnccn1. The van der Waals surface area contributed by atoms with Gasteiger partial charge >= 0.3 is 0 Å². The van der Waals surface area contributed by atoms with Gasteiger partial charge in [0.05, 0.1) is 6.20 Å². The summed E-state index contributed by atoms with van der Waals surface area (Å²) < 4.78 is 4.97. The van der Waals surface area contributed by atoms with Crippen molar-refractivity contribution in [3.63, 3.8) is 0 Å². The van der Waals surface area contributed by atoms with Gasteiger partial charge in [-0.1, -0.05) is 13.8 Å². The number of nitrogens with one attached hydrogen (secondary N) is 1. The second-order valence-corrected chi connectivity index (χ2v) is 4.17. The molecule has 0 bridgehead atoms. The molecule has 0 unspecified atom stereocenters. The van der Waals surface area contributed by atoms with Gasteiger partial charge in [-0.25, -0.2) is 4.98 Å². The molecular weight excluding hydrogens is 206 g/mol. The van der Waals surface area contributed by atoms with E-state index in [1.165, 1.54) is 12.4 Å². The predicted molar refractivity (Wildman–Crippen MR) is 60.9 cm³/mol. The third-order valence-electron chi connectivity index (χ3n) is 2.35. The van der Waals surface area contributed by atoms with E-state index >= 15 is 0 Å². The predicted octanol–water partition coefficient (Wildman–Crippen LogP) is 1.48. The van der Waals surface area contributed by atoms with Crippen LogP contribution in [0.25, 0.3) is 0 Å². The Morgan fingerprint density at radius 2 is 2.25 bits per heavy atom. The fraction of sp³-hybridized carbons (Fsp3) is 0.545. The third-order valence-corrected chi connectivity index (χ3v) is 2.35. The van der Waals surface area contributed by atoms with Crippen molar-refractivity contribution in [1.29, 1.82) is 0 Å². The van der Waals surface area contributed by atoms with Crippen LogP contribution in [0.2, 0.25) is 0 Å². The number of anilines is 1. The molecule has 0 spiro atoms. The monoisotopic (exact) mass is 223 g/mol. The first-order valence-electron chi connectivity index (χ1n) is 5.12. The van der Waals surface area contributed by atoms with Crippen molar-refractivity contribution in [3.8, 4) is 0 Å². The Morgan fingerprint density at radius 3 is 2.81 bits per heavy atom. The molecule has 0 aliphatic heterocycles. The van der Waals surface area contributed by atoms with E-state index in [0.717, 1.165) is 0 Å². The molecule has 0 atom stereocenters. The number of ether oxygens (including phenoxy) is 1. The Balaban J connectivity index is 2.58. The lowest BCUT2D eigenvalue weighted by Crippen LogP contribution is -2.32. The fourth-order valence-electron chi connectivity index (χ4n) is 1.12. The van der Waals surface area contributed by atoms with Crippen LogP contribution in [0.1, 0.15) is 20.3 Å². The minimum Gasteiger partial charge on any atom is -0.385 e. The molecule has 1 amide bonds. The molecule has 1 N–H and O–H groups in total. The van der Waals surface area contributed by atoms with Gasteiger partial charge in [0.15, 0.2) is 5.82 Å². The zero-order chi connectivity index (χ0) is 12.0. The van der Waals surface area contributed by atoms with Gasteiger partial charge in [0.2, 0.25) is 5.91 Å². The zero-order valence-corrected chi connectivity index (χ0v) is 9.86. The Bertz CT molecular complexity index is 338. The van der Waals surface area contributed by atoms with E-state index in [1.807, 2.05) is 13.8 Å². The molecule has 0 radical (unpaired) electrons. The molecule has 1 aromatic rings. The van der Waals surface area contributed by atoms with Gasteiger partial charge < -0.3 is 10.1 Å². The van der Waals surface area contributed by atoms with E-state index in [1.54, 1.807) is 13.3 Å². The van der Waals surface area contributed by atoms with Gasteiger partial charge in [0.1, 0.15) is 0 Å². The van der Waals surface area contributed by atoms with Crippen molar-refractivity contribution >= 4 is 11.7 Å². The van der Waals surface area contributed by atoms with Gasteiger partial charge in [-0.05, 0) is 6.42 Å². The molecule has 5 heteroatoms. The van der Waals surface area contributed by atoms with Crippen molar-refractivity contribution in [2.75, 3.05) is 19.0 Å². The summed E-state index contributed by atoms with van der Waals surface area (Å²) in [4.78, 5) is 19.8. The molecule has 1 rings (SSSR count). The lowest BCUT2D eigenvalue weighted by Gasteiger charge is -2.22. The van der Waals surface area contributed by atoms with Crippen LogP contribution < -0.4 is 5.32 Å². The first-order chi connectivity index (χ1) is 7.56. The number of hydrogen-bond donors (Lipinski definition) is 1. The van der Waals surface area contributed by atoms with Crippen LogP contribution in [0, 0.1) is 5.41 Å². The number of aromatic nitrogens is 2. The molecule has 0 saturated carbocycles. The van der Waals surface area contributed by atoms with E-state index < -0.39 is 5.41 Å². The maximum atomic E-state index is 11.9. The summed E-state index contributed by atoms with van der Waals surface area (Å²) in [5, 5.41) is 2.72. The molecule has 1 heterocycles. The van der Waals surface area contributed by atoms with Crippen LogP contribution in [0.4, 0.5) is 5.82 Å². The first-order valence-corrected chi connectivity index (χ1v) is 5.12. The highest BCUT2D eigenvalue weighted by Crippen LogP contribution is 2.22. The standard InChI is InChI=1S/C11H17N3O2/c1-11(2,4-7-16-3)10(15)14-9-8-12-5-6-13-9/h5-6,8H,4,7H2,1-3H3,(H,13,14,15). The Kier molecular flexibility index (Phi) is 4.37. The highest BCUT2D eigenvalue weighted by Gasteiger charge is 2.27. The van der Waals surface area contributed by atoms with Crippen LogP contribution in [-0.4, -0.2) is 29.6 Å². The Hall–Kier alpha value is -1.49. The van der Waals surface area contributed by atoms with Gasteiger partial charge in [-0.3, -0.25) is 9.78 Å². The molecule has 88 valence electrons. The molecule has 0 saturated heterocycles. The van der Waals surface area contributed by atoms with E-state index in [2.05, 4.69) is 15.3 Å². The molecule has 16 heavy (non-hydrogen) atoms. The van der Waals surface area contributed by atoms with Crippen LogP contribution >= 0.6 is 0 Å². The minimum atomic E-state index is -0.479. The van der Waals surface area contributed by atoms with Crippen molar-refractivity contribution in [2.24, 2.45) is 5.41 Å². The summed E-state index contributed by atoms with van der Waals surface area (Å²) in [5.74, 6) is 0.392. The maximum absolute atomic E-state index is 11.9. The highest BCUT2D eigenvalue weighted by molar-refractivity contribution is 5.93. The summed E-state index contributed by atoms with van der Waals surface area (Å²) in [6.07, 6.45) is 5.28. The number of rotatable bonds is 5. The quantitative estimate of drug-likeness (QED) is 0.821. The molecule has 0 aliphatic carbocycles. The number of amides is 1. The number of hydrogen-bond acceptors (Lipinski definition) is 4. The van der Waals surface area contributed by atoms with Crippen molar-refractivity contribution in [2.45, 2.75) is 20.3 Å². The molecule has 1 aromatic heterocycles. The number of carbonyl (C=O) groups excluding carboxylic acids is 1. The Labute approximate surface area is 95.3 Å². The Morgan fingerprint density at radius 1 is 1.50 bits per heavy atom. The van der Waals surface area contributed by atoms with Crippen LogP contribution in [0.15, 0.2) is 18.6 Å². The second-order valence-electron chi connectivity index (χ2n) is 4.17. The normalized spacial score (nSPS) is 11.2. The molecular formula is C11H17N3O2. The van der Waals surface area contributed by atoms with E-state index in [-0.39, 0.29) is 5.91 Å². The maximum Gasteiger partial charge on any atom is 0.231 e. The van der Waals surface area contributed by atoms with Gasteiger partial charge in [-0.2, -0.15) is 0 Å². The van der Waals surface area contributed by atoms with Crippen LogP contribution in [0.3, 0.4) is 0 Å². The highest BCUT2D eigenvalue weighted by atomic mass is 16.5. The first kappa shape index (κ1) is 12.6. The average Bonchev–Trinajstić information content (AvgIpc) is 2.28. The van der Waals surface area contributed by atoms with Crippen molar-refractivity contribution in [3.05, 3.63) is 18.6 Å². The van der Waals surface area contributed by atoms with Crippen LogP contribution in [-0.2, 0) is 9.53 Å². The molecule has 5 nitrogen and oxygen atoms in total. The van der Waals surface area contributed by atoms with E-state index in [4.69, 9.17) is 4.74 Å². The third kappa shape index (κ3) is 3.58. The smallest absolute Gasteiger partial charge is 0.231 e. The van der Waals surface area contributed by atoms with E-state index in [9.17, 15) is 4.79 Å². The molecule has 0 aromatic carbocycles. The number of carbonyl (C=O) groups is 1. The molecule has 0 aliphatic rings. The fourth-order valence-corrected chi connectivity index (χ4v) is 1.12. The van der Waals surface area contributed by atoms with Gasteiger partial charge in [0.25, 0.3) is 0 Å². The minimum absolute atomic E-state index is 0.0787. The average molecular weight is 223 g/mol. The van der Waals surface area contributed by atoms with Crippen LogP contribution in [0.5, 0.6) is 0 Å². The van der Waals surface area contributed by atoms with Crippen molar-refractivity contribution in [1.82, 2.24) is 9.97 Å². The summed E-state index contributed by atoms with van der Waals surface area (Å²) in [5.41, 5.74) is -0.479. The number of methoxy groups -OCH3 is 1. The van der Waals surface area contributed by atoms with Crippen molar-refractivity contribution < 1.29 is 9.53 Å². The summed E-state index contributed by atoms with van der Waals surface area (Å²) in [6.45, 7) is 4.30. The summed E-state index contributed by atoms with van der Waals surface area (Å²) >= 11 is 0. The largest absolute Gasteiger partial charge is 0.385 e. The van der Waals surface area contributed by atoms with Gasteiger partial charge in [-0.15, -0.1) is 0 Å². The second kappa shape index (κ2) is 5.55. The van der Waals surface area contributed by atoms with E-state index in [0.29, 0.717) is 18.8 Å². The molecule has 0 fully saturated rings. The topological polar surface area (TPSA) is 64.1 Å². The lowest BCUT2D eigenvalue weighted by molar-refractivity contribution is -0.124. The summed E-state index contributed by atoms with van der Waals surface area (Å²) in [6, 6.07) is 0. The van der Waals surface area contributed by atoms with Gasteiger partial charge in [0, 0.05) is 31.5 Å². The summed E-state index contributed by atoms with van der Waals surface area (Å²) in [7, 11) is 1.62. The zero-order valence-electron chi connectivity index (χ0n) is 9.86. The number of nitrogens with zero attached hydrogens (tertiary/aromatic N) is 2.